The number of carboxylic acid groups (broad SMARTS) is 1. The molecule has 2 fully saturated rings. The van der Waals surface area contributed by atoms with E-state index < -0.39 is 5.97 Å². The molecule has 3 atom stereocenters. The van der Waals surface area contributed by atoms with Gasteiger partial charge in [-0.2, -0.15) is 11.8 Å². The van der Waals surface area contributed by atoms with E-state index in [1.54, 1.807) is 6.08 Å². The standard InChI is InChI=1S/C20H30O3S/c21-19(16-8-5-3-6-9-16)13-12-18-15-24-14-17(18)10-4-1-2-7-11-20(22)23/h1,4,7,11-13,16-19,21H,2-3,5-6,8-10,14-15H2,(H,22,23)/b4-1?,11-7-,13-12+/t17-,18+,19?/m1/s1. The maximum Gasteiger partial charge on any atom is 0.327 e. The van der Waals surface area contributed by atoms with E-state index >= 15 is 0 Å². The molecule has 1 aliphatic heterocycles. The van der Waals surface area contributed by atoms with Crippen molar-refractivity contribution in [1.82, 2.24) is 0 Å². The largest absolute Gasteiger partial charge is 0.478 e. The minimum absolute atomic E-state index is 0.270. The molecule has 1 aliphatic carbocycles. The number of aliphatic hydroxyl groups is 1. The zero-order valence-electron chi connectivity index (χ0n) is 14.3. The van der Waals surface area contributed by atoms with Gasteiger partial charge in [-0.3, -0.25) is 0 Å². The van der Waals surface area contributed by atoms with Gasteiger partial charge in [0.1, 0.15) is 0 Å². The Morgan fingerprint density at radius 2 is 1.92 bits per heavy atom. The van der Waals surface area contributed by atoms with E-state index in [0.29, 0.717) is 24.2 Å². The van der Waals surface area contributed by atoms with Crippen molar-refractivity contribution in [3.63, 3.8) is 0 Å². The molecule has 1 unspecified atom stereocenters. The lowest BCUT2D eigenvalue weighted by Gasteiger charge is -2.25. The quantitative estimate of drug-likeness (QED) is 0.502. The molecule has 134 valence electrons. The Morgan fingerprint density at radius 1 is 1.12 bits per heavy atom. The second kappa shape index (κ2) is 10.8. The normalized spacial score (nSPS) is 27.5. The van der Waals surface area contributed by atoms with Crippen LogP contribution in [-0.4, -0.2) is 33.8 Å². The summed E-state index contributed by atoms with van der Waals surface area (Å²) in [6.45, 7) is 0. The molecule has 0 aromatic carbocycles. The van der Waals surface area contributed by atoms with Crippen LogP contribution >= 0.6 is 11.8 Å². The fourth-order valence-corrected chi connectivity index (χ4v) is 5.05. The average molecular weight is 351 g/mol. The van der Waals surface area contributed by atoms with Crippen LogP contribution in [0.2, 0.25) is 0 Å². The van der Waals surface area contributed by atoms with E-state index in [9.17, 15) is 9.90 Å². The Balaban J connectivity index is 1.74. The highest BCUT2D eigenvalue weighted by molar-refractivity contribution is 7.99. The van der Waals surface area contributed by atoms with E-state index in [2.05, 4.69) is 18.2 Å². The van der Waals surface area contributed by atoms with Gasteiger partial charge in [-0.05, 0) is 54.9 Å². The molecule has 0 aromatic rings. The topological polar surface area (TPSA) is 57.5 Å². The van der Waals surface area contributed by atoms with Crippen molar-refractivity contribution in [2.75, 3.05) is 11.5 Å². The number of aliphatic hydroxyl groups excluding tert-OH is 1. The van der Waals surface area contributed by atoms with Gasteiger partial charge in [0.25, 0.3) is 0 Å². The zero-order chi connectivity index (χ0) is 17.2. The van der Waals surface area contributed by atoms with Gasteiger partial charge in [-0.1, -0.05) is 49.6 Å². The Hall–Kier alpha value is -1.00. The summed E-state index contributed by atoms with van der Waals surface area (Å²) in [4.78, 5) is 10.4. The van der Waals surface area contributed by atoms with Gasteiger partial charge >= 0.3 is 5.97 Å². The lowest BCUT2D eigenvalue weighted by molar-refractivity contribution is -0.131. The van der Waals surface area contributed by atoms with E-state index in [0.717, 1.165) is 12.2 Å². The molecule has 4 heteroatoms. The van der Waals surface area contributed by atoms with Crippen molar-refractivity contribution in [2.24, 2.45) is 17.8 Å². The summed E-state index contributed by atoms with van der Waals surface area (Å²) in [5.74, 6) is 3.06. The smallest absolute Gasteiger partial charge is 0.327 e. The third-order valence-corrected chi connectivity index (χ3v) is 6.36. The van der Waals surface area contributed by atoms with Gasteiger partial charge in [0, 0.05) is 6.08 Å². The van der Waals surface area contributed by atoms with Crippen LogP contribution in [0.25, 0.3) is 0 Å². The van der Waals surface area contributed by atoms with Gasteiger partial charge < -0.3 is 10.2 Å². The number of carboxylic acids is 1. The van der Waals surface area contributed by atoms with Crippen LogP contribution in [0.4, 0.5) is 0 Å². The average Bonchev–Trinajstić information content (AvgIpc) is 3.03. The van der Waals surface area contributed by atoms with Crippen LogP contribution in [0.15, 0.2) is 36.5 Å². The monoisotopic (exact) mass is 350 g/mol. The van der Waals surface area contributed by atoms with Gasteiger partial charge in [0.05, 0.1) is 6.10 Å². The van der Waals surface area contributed by atoms with Crippen LogP contribution in [0.5, 0.6) is 0 Å². The number of hydrogen-bond donors (Lipinski definition) is 2. The second-order valence-corrected chi connectivity index (χ2v) is 7.99. The first-order chi connectivity index (χ1) is 11.7. The predicted molar refractivity (Wildman–Crippen MR) is 101 cm³/mol. The highest BCUT2D eigenvalue weighted by Crippen LogP contribution is 2.34. The molecule has 0 spiro atoms. The number of carbonyl (C=O) groups is 1. The summed E-state index contributed by atoms with van der Waals surface area (Å²) in [6.07, 6.45) is 19.0. The fraction of sp³-hybridized carbons (Fsp3) is 0.650. The summed E-state index contributed by atoms with van der Waals surface area (Å²) >= 11 is 1.99. The lowest BCUT2D eigenvalue weighted by atomic mass is 9.84. The minimum Gasteiger partial charge on any atom is -0.478 e. The molecule has 1 saturated carbocycles. The zero-order valence-corrected chi connectivity index (χ0v) is 15.2. The molecular formula is C20H30O3S. The van der Waals surface area contributed by atoms with Gasteiger partial charge in [0.15, 0.2) is 0 Å². The summed E-state index contributed by atoms with van der Waals surface area (Å²) in [5, 5.41) is 18.9. The summed E-state index contributed by atoms with van der Waals surface area (Å²) in [7, 11) is 0. The van der Waals surface area contributed by atoms with E-state index in [4.69, 9.17) is 5.11 Å². The van der Waals surface area contributed by atoms with Crippen LogP contribution in [0, 0.1) is 17.8 Å². The molecule has 0 amide bonds. The highest BCUT2D eigenvalue weighted by Gasteiger charge is 2.25. The lowest BCUT2D eigenvalue weighted by Crippen LogP contribution is -2.21. The van der Waals surface area contributed by atoms with Crippen molar-refractivity contribution < 1.29 is 15.0 Å². The second-order valence-electron chi connectivity index (χ2n) is 6.92. The Bertz CT molecular complexity index is 464. The number of rotatable bonds is 8. The van der Waals surface area contributed by atoms with Crippen molar-refractivity contribution in [1.29, 1.82) is 0 Å². The molecule has 2 aliphatic rings. The SMILES string of the molecule is O=C(O)/C=C\CC=CC[C@@H]1CSC[C@@H]1/C=C/C(O)C1CCCCC1. The van der Waals surface area contributed by atoms with E-state index in [1.165, 1.54) is 43.9 Å². The molecule has 0 bridgehead atoms. The third kappa shape index (κ3) is 6.86. The van der Waals surface area contributed by atoms with Crippen molar-refractivity contribution in [3.05, 3.63) is 36.5 Å². The first-order valence-corrected chi connectivity index (χ1v) is 10.3. The third-order valence-electron chi connectivity index (χ3n) is 5.07. The molecular weight excluding hydrogens is 320 g/mol. The molecule has 2 rings (SSSR count). The predicted octanol–water partition coefficient (Wildman–Crippen LogP) is 4.44. The molecule has 1 saturated heterocycles. The van der Waals surface area contributed by atoms with Crippen molar-refractivity contribution >= 4 is 17.7 Å². The maximum absolute atomic E-state index is 10.4. The summed E-state index contributed by atoms with van der Waals surface area (Å²) < 4.78 is 0. The first-order valence-electron chi connectivity index (χ1n) is 9.15. The Kier molecular flexibility index (Phi) is 8.68. The molecule has 24 heavy (non-hydrogen) atoms. The number of thioether (sulfide) groups is 1. The van der Waals surface area contributed by atoms with Crippen molar-refractivity contribution in [2.45, 2.75) is 51.0 Å². The number of aliphatic carboxylic acids is 1. The van der Waals surface area contributed by atoms with E-state index in [-0.39, 0.29) is 6.10 Å². The molecule has 2 N–H and O–H groups in total. The molecule has 1 heterocycles. The fourth-order valence-electron chi connectivity index (χ4n) is 3.57. The first kappa shape index (κ1) is 19.3. The number of hydrogen-bond acceptors (Lipinski definition) is 3. The highest BCUT2D eigenvalue weighted by atomic mass is 32.2. The molecule has 0 aromatic heterocycles. The van der Waals surface area contributed by atoms with Crippen LogP contribution < -0.4 is 0 Å². The van der Waals surface area contributed by atoms with Gasteiger partial charge in [-0.15, -0.1) is 0 Å². The molecule has 0 radical (unpaired) electrons. The summed E-state index contributed by atoms with van der Waals surface area (Å²) in [6, 6.07) is 0. The van der Waals surface area contributed by atoms with Gasteiger partial charge in [-0.25, -0.2) is 4.79 Å². The summed E-state index contributed by atoms with van der Waals surface area (Å²) in [5.41, 5.74) is 0. The molecule has 3 nitrogen and oxygen atoms in total. The van der Waals surface area contributed by atoms with Gasteiger partial charge in [0.2, 0.25) is 0 Å². The number of allylic oxidation sites excluding steroid dienone is 4. The van der Waals surface area contributed by atoms with Crippen molar-refractivity contribution in [3.8, 4) is 0 Å². The van der Waals surface area contributed by atoms with Crippen LogP contribution in [0.3, 0.4) is 0 Å². The minimum atomic E-state index is -0.891. The maximum atomic E-state index is 10.4. The van der Waals surface area contributed by atoms with Crippen LogP contribution in [-0.2, 0) is 4.79 Å². The van der Waals surface area contributed by atoms with E-state index in [1.807, 2.05) is 17.8 Å². The van der Waals surface area contributed by atoms with Crippen LogP contribution in [0.1, 0.15) is 44.9 Å². The Labute approximate surface area is 149 Å². The Morgan fingerprint density at radius 3 is 2.67 bits per heavy atom.